The minimum atomic E-state index is -4.04. The Labute approximate surface area is 145 Å². The highest BCUT2D eigenvalue weighted by molar-refractivity contribution is 7.89. The number of para-hydroxylation sites is 1. The molecular weight excluding hydrogens is 340 g/mol. The van der Waals surface area contributed by atoms with Crippen molar-refractivity contribution < 1.29 is 13.3 Å². The lowest BCUT2D eigenvalue weighted by atomic mass is 10.0. The molecule has 0 saturated heterocycles. The van der Waals surface area contributed by atoms with E-state index in [0.29, 0.717) is 0 Å². The Morgan fingerprint density at radius 3 is 2.36 bits per heavy atom. The number of hydrogen-bond acceptors (Lipinski definition) is 4. The lowest BCUT2D eigenvalue weighted by Crippen LogP contribution is -2.27. The standard InChI is InChI=1S/C18H16N2O4S/c1-13(15-10-6-8-14-7-2-3-9-16(14)15)19-25(23,24)18-12-5-4-11-17(18)20(21)22/h2-13,19H,1H3. The normalized spacial score (nSPS) is 12.8. The van der Waals surface area contributed by atoms with Crippen LogP contribution in [0.3, 0.4) is 0 Å². The molecule has 3 rings (SSSR count). The summed E-state index contributed by atoms with van der Waals surface area (Å²) in [6, 6.07) is 18.1. The molecule has 0 amide bonds. The third-order valence-electron chi connectivity index (χ3n) is 3.97. The maximum atomic E-state index is 12.7. The Kier molecular flexibility index (Phi) is 4.52. The maximum Gasteiger partial charge on any atom is 0.289 e. The molecule has 3 aromatic rings. The third-order valence-corrected chi connectivity index (χ3v) is 5.56. The smallest absolute Gasteiger partial charge is 0.258 e. The number of nitro groups is 1. The van der Waals surface area contributed by atoms with Gasteiger partial charge in [-0.15, -0.1) is 0 Å². The second-order valence-electron chi connectivity index (χ2n) is 5.64. The number of nitrogens with one attached hydrogen (secondary N) is 1. The summed E-state index contributed by atoms with van der Waals surface area (Å²) in [4.78, 5) is 10.1. The van der Waals surface area contributed by atoms with E-state index in [1.807, 2.05) is 42.5 Å². The summed E-state index contributed by atoms with van der Waals surface area (Å²) in [5.74, 6) is 0. The van der Waals surface area contributed by atoms with Gasteiger partial charge in [0, 0.05) is 12.1 Å². The van der Waals surface area contributed by atoms with Crippen LogP contribution in [0.4, 0.5) is 5.69 Å². The summed E-state index contributed by atoms with van der Waals surface area (Å²) in [6.07, 6.45) is 0. The molecule has 0 spiro atoms. The Balaban J connectivity index is 2.00. The van der Waals surface area contributed by atoms with Crippen LogP contribution in [0.1, 0.15) is 18.5 Å². The molecule has 0 radical (unpaired) electrons. The van der Waals surface area contributed by atoms with Crippen molar-refractivity contribution in [1.29, 1.82) is 0 Å². The van der Waals surface area contributed by atoms with Gasteiger partial charge >= 0.3 is 0 Å². The lowest BCUT2D eigenvalue weighted by molar-refractivity contribution is -0.387. The average Bonchev–Trinajstić information content (AvgIpc) is 2.60. The highest BCUT2D eigenvalue weighted by Gasteiger charge is 2.27. The summed E-state index contributed by atoms with van der Waals surface area (Å²) in [5.41, 5.74) is 0.361. The summed E-state index contributed by atoms with van der Waals surface area (Å²) in [6.45, 7) is 1.72. The minimum absolute atomic E-state index is 0.341. The van der Waals surface area contributed by atoms with Crippen LogP contribution in [0.15, 0.2) is 71.6 Å². The zero-order chi connectivity index (χ0) is 18.0. The molecule has 1 atom stereocenters. The predicted molar refractivity (Wildman–Crippen MR) is 95.8 cm³/mol. The van der Waals surface area contributed by atoms with E-state index in [-0.39, 0.29) is 4.90 Å². The van der Waals surface area contributed by atoms with Crippen LogP contribution in [-0.4, -0.2) is 13.3 Å². The summed E-state index contributed by atoms with van der Waals surface area (Å²) in [5, 5.41) is 13.0. The van der Waals surface area contributed by atoms with Crippen LogP contribution in [0.2, 0.25) is 0 Å². The fourth-order valence-electron chi connectivity index (χ4n) is 2.82. The van der Waals surface area contributed by atoms with Gasteiger partial charge in [-0.2, -0.15) is 0 Å². The third kappa shape index (κ3) is 3.38. The van der Waals surface area contributed by atoms with Gasteiger partial charge in [0.1, 0.15) is 0 Å². The Hall–Kier alpha value is -2.77. The summed E-state index contributed by atoms with van der Waals surface area (Å²) in [7, 11) is -4.04. The van der Waals surface area contributed by atoms with Crippen molar-refractivity contribution in [1.82, 2.24) is 4.72 Å². The van der Waals surface area contributed by atoms with Crippen molar-refractivity contribution >= 4 is 26.5 Å². The fourth-order valence-corrected chi connectivity index (χ4v) is 4.22. The lowest BCUT2D eigenvalue weighted by Gasteiger charge is -2.17. The van der Waals surface area contributed by atoms with Crippen molar-refractivity contribution in [2.45, 2.75) is 17.9 Å². The molecule has 0 aliphatic rings. The Bertz CT molecular complexity index is 1040. The molecule has 0 aliphatic heterocycles. The fraction of sp³-hybridized carbons (Fsp3) is 0.111. The molecule has 6 nitrogen and oxygen atoms in total. The second-order valence-corrected chi connectivity index (χ2v) is 7.32. The quantitative estimate of drug-likeness (QED) is 0.556. The van der Waals surface area contributed by atoms with E-state index in [9.17, 15) is 18.5 Å². The van der Waals surface area contributed by atoms with E-state index in [1.165, 1.54) is 24.3 Å². The Morgan fingerprint density at radius 2 is 1.60 bits per heavy atom. The topological polar surface area (TPSA) is 89.3 Å². The number of benzene rings is 3. The van der Waals surface area contributed by atoms with Crippen LogP contribution >= 0.6 is 0 Å². The van der Waals surface area contributed by atoms with Gasteiger partial charge in [0.2, 0.25) is 10.0 Å². The molecule has 0 heterocycles. The van der Waals surface area contributed by atoms with Crippen LogP contribution in [0, 0.1) is 10.1 Å². The number of nitro benzene ring substituents is 1. The molecule has 1 N–H and O–H groups in total. The molecule has 0 aliphatic carbocycles. The van der Waals surface area contributed by atoms with Crippen LogP contribution in [0.5, 0.6) is 0 Å². The monoisotopic (exact) mass is 356 g/mol. The number of fused-ring (bicyclic) bond motifs is 1. The number of rotatable bonds is 5. The number of sulfonamides is 1. The second kappa shape index (κ2) is 6.62. The predicted octanol–water partition coefficient (Wildman–Crippen LogP) is 3.79. The Morgan fingerprint density at radius 1 is 0.960 bits per heavy atom. The molecule has 0 bridgehead atoms. The highest BCUT2D eigenvalue weighted by atomic mass is 32.2. The van der Waals surface area contributed by atoms with E-state index in [0.717, 1.165) is 16.3 Å². The zero-order valence-electron chi connectivity index (χ0n) is 13.4. The molecule has 7 heteroatoms. The van der Waals surface area contributed by atoms with Gasteiger partial charge in [-0.3, -0.25) is 10.1 Å². The van der Waals surface area contributed by atoms with E-state index >= 15 is 0 Å². The van der Waals surface area contributed by atoms with Crippen molar-refractivity contribution in [3.8, 4) is 0 Å². The van der Waals surface area contributed by atoms with Gasteiger partial charge in [-0.25, -0.2) is 13.1 Å². The van der Waals surface area contributed by atoms with E-state index in [2.05, 4.69) is 4.72 Å². The molecule has 0 fully saturated rings. The van der Waals surface area contributed by atoms with Crippen molar-refractivity contribution in [3.63, 3.8) is 0 Å². The molecule has 3 aromatic carbocycles. The van der Waals surface area contributed by atoms with Gasteiger partial charge in [0.05, 0.1) is 4.92 Å². The molecular formula is C18H16N2O4S. The SMILES string of the molecule is CC(NS(=O)(=O)c1ccccc1[N+](=O)[O-])c1cccc2ccccc12. The van der Waals surface area contributed by atoms with Crippen molar-refractivity contribution in [2.75, 3.05) is 0 Å². The molecule has 25 heavy (non-hydrogen) atoms. The molecule has 1 unspecified atom stereocenters. The number of nitrogens with zero attached hydrogens (tertiary/aromatic N) is 1. The van der Waals surface area contributed by atoms with E-state index < -0.39 is 26.7 Å². The number of hydrogen-bond donors (Lipinski definition) is 1. The first-order chi connectivity index (χ1) is 11.9. The van der Waals surface area contributed by atoms with Crippen LogP contribution in [0.25, 0.3) is 10.8 Å². The van der Waals surface area contributed by atoms with E-state index in [4.69, 9.17) is 0 Å². The minimum Gasteiger partial charge on any atom is -0.258 e. The van der Waals surface area contributed by atoms with Gasteiger partial charge in [-0.05, 0) is 29.3 Å². The molecule has 0 aromatic heterocycles. The highest BCUT2D eigenvalue weighted by Crippen LogP contribution is 2.28. The largest absolute Gasteiger partial charge is 0.289 e. The maximum absolute atomic E-state index is 12.7. The summed E-state index contributed by atoms with van der Waals surface area (Å²) < 4.78 is 27.9. The first-order valence-electron chi connectivity index (χ1n) is 7.63. The van der Waals surface area contributed by atoms with Gasteiger partial charge in [-0.1, -0.05) is 54.6 Å². The summed E-state index contributed by atoms with van der Waals surface area (Å²) >= 11 is 0. The first-order valence-corrected chi connectivity index (χ1v) is 9.12. The molecule has 0 saturated carbocycles. The van der Waals surface area contributed by atoms with Crippen LogP contribution < -0.4 is 4.72 Å². The van der Waals surface area contributed by atoms with E-state index in [1.54, 1.807) is 6.92 Å². The van der Waals surface area contributed by atoms with Gasteiger partial charge < -0.3 is 0 Å². The van der Waals surface area contributed by atoms with Crippen LogP contribution in [-0.2, 0) is 10.0 Å². The van der Waals surface area contributed by atoms with Gasteiger partial charge in [0.15, 0.2) is 4.90 Å². The average molecular weight is 356 g/mol. The molecule has 128 valence electrons. The van der Waals surface area contributed by atoms with Crippen molar-refractivity contribution in [3.05, 3.63) is 82.4 Å². The zero-order valence-corrected chi connectivity index (χ0v) is 14.2. The van der Waals surface area contributed by atoms with Crippen molar-refractivity contribution in [2.24, 2.45) is 0 Å². The van der Waals surface area contributed by atoms with Gasteiger partial charge in [0.25, 0.3) is 5.69 Å². The first kappa shape index (κ1) is 17.1.